The van der Waals surface area contributed by atoms with E-state index in [0.717, 1.165) is 38.3 Å². The lowest BCUT2D eigenvalue weighted by Crippen LogP contribution is -2.21. The van der Waals surface area contributed by atoms with E-state index in [9.17, 15) is 0 Å². The topological polar surface area (TPSA) is 74.2 Å². The van der Waals surface area contributed by atoms with Crippen molar-refractivity contribution in [3.63, 3.8) is 0 Å². The molecule has 1 aromatic heterocycles. The van der Waals surface area contributed by atoms with Crippen molar-refractivity contribution in [2.24, 2.45) is 5.73 Å². The molecule has 1 saturated heterocycles. The summed E-state index contributed by atoms with van der Waals surface area (Å²) in [5, 5.41) is 4.03. The molecule has 1 fully saturated rings. The molecule has 0 aliphatic carbocycles. The predicted octanol–water partition coefficient (Wildman–Crippen LogP) is 1.24. The van der Waals surface area contributed by atoms with Crippen LogP contribution in [0.5, 0.6) is 0 Å². The quantitative estimate of drug-likeness (QED) is 0.834. The molecule has 0 saturated carbocycles. The van der Waals surface area contributed by atoms with Crippen molar-refractivity contribution in [2.45, 2.75) is 44.6 Å². The molecule has 90 valence electrons. The number of nitrogens with two attached hydrogens (primary N) is 1. The SMILES string of the molecule is CCC(N)Cc1nc(C2CCOCC2)no1. The van der Waals surface area contributed by atoms with E-state index in [4.69, 9.17) is 15.0 Å². The second-order valence-corrected chi connectivity index (χ2v) is 4.31. The highest BCUT2D eigenvalue weighted by Gasteiger charge is 2.21. The second-order valence-electron chi connectivity index (χ2n) is 4.31. The van der Waals surface area contributed by atoms with Gasteiger partial charge in [0.25, 0.3) is 0 Å². The summed E-state index contributed by atoms with van der Waals surface area (Å²) in [5.74, 6) is 1.88. The van der Waals surface area contributed by atoms with E-state index in [1.54, 1.807) is 0 Å². The van der Waals surface area contributed by atoms with Crippen LogP contribution in [0.25, 0.3) is 0 Å². The van der Waals surface area contributed by atoms with Gasteiger partial charge in [0.05, 0.1) is 0 Å². The number of nitrogens with zero attached hydrogens (tertiary/aromatic N) is 2. The number of aromatic nitrogens is 2. The maximum atomic E-state index is 5.84. The van der Waals surface area contributed by atoms with Crippen molar-refractivity contribution >= 4 is 0 Å². The summed E-state index contributed by atoms with van der Waals surface area (Å²) in [4.78, 5) is 4.41. The van der Waals surface area contributed by atoms with Crippen LogP contribution in [0, 0.1) is 0 Å². The van der Waals surface area contributed by atoms with Gasteiger partial charge < -0.3 is 15.0 Å². The molecule has 0 radical (unpaired) electrons. The lowest BCUT2D eigenvalue weighted by atomic mass is 10.00. The van der Waals surface area contributed by atoms with Gasteiger partial charge in [-0.15, -0.1) is 0 Å². The van der Waals surface area contributed by atoms with Crippen LogP contribution >= 0.6 is 0 Å². The molecular weight excluding hydrogens is 206 g/mol. The third-order valence-corrected chi connectivity index (χ3v) is 3.03. The highest BCUT2D eigenvalue weighted by molar-refractivity contribution is 4.97. The minimum Gasteiger partial charge on any atom is -0.381 e. The minimum atomic E-state index is 0.114. The standard InChI is InChI=1S/C11H19N3O2/c1-2-9(12)7-10-13-11(14-16-10)8-3-5-15-6-4-8/h8-9H,2-7,12H2,1H3. The molecule has 1 aliphatic rings. The van der Waals surface area contributed by atoms with Crippen molar-refractivity contribution < 1.29 is 9.26 Å². The summed E-state index contributed by atoms with van der Waals surface area (Å²) in [6, 6.07) is 0.114. The Bertz CT molecular complexity index is 321. The Balaban J connectivity index is 1.95. The fourth-order valence-electron chi connectivity index (χ4n) is 1.84. The van der Waals surface area contributed by atoms with E-state index in [2.05, 4.69) is 17.1 Å². The van der Waals surface area contributed by atoms with Gasteiger partial charge in [0, 0.05) is 31.6 Å². The highest BCUT2D eigenvalue weighted by Crippen LogP contribution is 2.24. The summed E-state index contributed by atoms with van der Waals surface area (Å²) in [6.07, 6.45) is 3.57. The van der Waals surface area contributed by atoms with Crippen LogP contribution in [0.2, 0.25) is 0 Å². The van der Waals surface area contributed by atoms with Gasteiger partial charge in [-0.05, 0) is 19.3 Å². The van der Waals surface area contributed by atoms with E-state index >= 15 is 0 Å². The van der Waals surface area contributed by atoms with Crippen molar-refractivity contribution in [1.82, 2.24) is 10.1 Å². The van der Waals surface area contributed by atoms with Crippen LogP contribution in [0.3, 0.4) is 0 Å². The molecule has 0 aromatic carbocycles. The van der Waals surface area contributed by atoms with Gasteiger partial charge in [0.2, 0.25) is 5.89 Å². The van der Waals surface area contributed by atoms with Gasteiger partial charge in [0.15, 0.2) is 5.82 Å². The fraction of sp³-hybridized carbons (Fsp3) is 0.818. The van der Waals surface area contributed by atoms with Crippen molar-refractivity contribution in [3.05, 3.63) is 11.7 Å². The first-order chi connectivity index (χ1) is 7.79. The molecule has 0 bridgehead atoms. The molecule has 2 heterocycles. The van der Waals surface area contributed by atoms with Gasteiger partial charge in [-0.1, -0.05) is 12.1 Å². The molecule has 5 heteroatoms. The zero-order chi connectivity index (χ0) is 11.4. The molecule has 1 aliphatic heterocycles. The Morgan fingerprint density at radius 2 is 2.19 bits per heavy atom. The lowest BCUT2D eigenvalue weighted by molar-refractivity contribution is 0.0830. The minimum absolute atomic E-state index is 0.114. The Morgan fingerprint density at radius 1 is 1.44 bits per heavy atom. The van der Waals surface area contributed by atoms with E-state index in [1.165, 1.54) is 0 Å². The van der Waals surface area contributed by atoms with Crippen molar-refractivity contribution in [1.29, 1.82) is 0 Å². The molecule has 2 N–H and O–H groups in total. The van der Waals surface area contributed by atoms with E-state index in [0.29, 0.717) is 18.2 Å². The molecular formula is C11H19N3O2. The molecule has 1 atom stereocenters. The predicted molar refractivity (Wildman–Crippen MR) is 59.1 cm³/mol. The average Bonchev–Trinajstić information content (AvgIpc) is 2.78. The number of ether oxygens (including phenoxy) is 1. The molecule has 0 amide bonds. The molecule has 0 spiro atoms. The molecule has 1 unspecified atom stereocenters. The second kappa shape index (κ2) is 5.41. The molecule has 2 rings (SSSR count). The number of rotatable bonds is 4. The Kier molecular flexibility index (Phi) is 3.90. The first kappa shape index (κ1) is 11.5. The monoisotopic (exact) mass is 225 g/mol. The largest absolute Gasteiger partial charge is 0.381 e. The van der Waals surface area contributed by atoms with E-state index in [1.807, 2.05) is 0 Å². The summed E-state index contributed by atoms with van der Waals surface area (Å²) in [7, 11) is 0. The number of hydrogen-bond donors (Lipinski definition) is 1. The van der Waals surface area contributed by atoms with Crippen molar-refractivity contribution in [2.75, 3.05) is 13.2 Å². The van der Waals surface area contributed by atoms with Crippen LogP contribution in [-0.4, -0.2) is 29.4 Å². The zero-order valence-electron chi connectivity index (χ0n) is 9.69. The molecule has 16 heavy (non-hydrogen) atoms. The van der Waals surface area contributed by atoms with Crippen LogP contribution < -0.4 is 5.73 Å². The van der Waals surface area contributed by atoms with Gasteiger partial charge in [0.1, 0.15) is 0 Å². The smallest absolute Gasteiger partial charge is 0.228 e. The van der Waals surface area contributed by atoms with Crippen LogP contribution in [0.1, 0.15) is 43.8 Å². The Labute approximate surface area is 95.3 Å². The summed E-state index contributed by atoms with van der Waals surface area (Å²) in [6.45, 7) is 3.65. The van der Waals surface area contributed by atoms with Gasteiger partial charge in [-0.25, -0.2) is 0 Å². The Morgan fingerprint density at radius 3 is 2.88 bits per heavy atom. The van der Waals surface area contributed by atoms with Crippen LogP contribution in [0.4, 0.5) is 0 Å². The maximum Gasteiger partial charge on any atom is 0.228 e. The Hall–Kier alpha value is -0.940. The van der Waals surface area contributed by atoms with E-state index < -0.39 is 0 Å². The first-order valence-corrected chi connectivity index (χ1v) is 5.95. The molecule has 5 nitrogen and oxygen atoms in total. The lowest BCUT2D eigenvalue weighted by Gasteiger charge is -2.18. The third kappa shape index (κ3) is 2.80. The van der Waals surface area contributed by atoms with Gasteiger partial charge in [-0.2, -0.15) is 4.98 Å². The summed E-state index contributed by atoms with van der Waals surface area (Å²) >= 11 is 0. The fourth-order valence-corrected chi connectivity index (χ4v) is 1.84. The zero-order valence-corrected chi connectivity index (χ0v) is 9.69. The van der Waals surface area contributed by atoms with Crippen LogP contribution in [-0.2, 0) is 11.2 Å². The maximum absolute atomic E-state index is 5.84. The van der Waals surface area contributed by atoms with E-state index in [-0.39, 0.29) is 6.04 Å². The van der Waals surface area contributed by atoms with Crippen LogP contribution in [0.15, 0.2) is 4.52 Å². The summed E-state index contributed by atoms with van der Waals surface area (Å²) < 4.78 is 10.5. The van der Waals surface area contributed by atoms with Crippen molar-refractivity contribution in [3.8, 4) is 0 Å². The summed E-state index contributed by atoms with van der Waals surface area (Å²) in [5.41, 5.74) is 5.84. The third-order valence-electron chi connectivity index (χ3n) is 3.03. The number of hydrogen-bond acceptors (Lipinski definition) is 5. The molecule has 1 aromatic rings. The van der Waals surface area contributed by atoms with Gasteiger partial charge in [-0.3, -0.25) is 0 Å². The van der Waals surface area contributed by atoms with Gasteiger partial charge >= 0.3 is 0 Å². The average molecular weight is 225 g/mol. The normalized spacial score (nSPS) is 19.9. The highest BCUT2D eigenvalue weighted by atomic mass is 16.5. The first-order valence-electron chi connectivity index (χ1n) is 5.95.